The van der Waals surface area contributed by atoms with Gasteiger partial charge in [-0.3, -0.25) is 9.59 Å². The summed E-state index contributed by atoms with van der Waals surface area (Å²) >= 11 is 1.49. The van der Waals surface area contributed by atoms with Gasteiger partial charge in [-0.2, -0.15) is 0 Å². The van der Waals surface area contributed by atoms with Crippen LogP contribution in [0.3, 0.4) is 0 Å². The smallest absolute Gasteiger partial charge is 0.323 e. The molecule has 0 aliphatic carbocycles. The molecule has 1 rings (SSSR count). The Labute approximate surface area is 116 Å². The van der Waals surface area contributed by atoms with Gasteiger partial charge in [0.15, 0.2) is 5.41 Å². The van der Waals surface area contributed by atoms with E-state index in [0.29, 0.717) is 0 Å². The van der Waals surface area contributed by atoms with Gasteiger partial charge in [0.1, 0.15) is 0 Å². The summed E-state index contributed by atoms with van der Waals surface area (Å²) in [4.78, 5) is 24.8. The van der Waals surface area contributed by atoms with Gasteiger partial charge in [-0.1, -0.05) is 6.07 Å². The molecule has 0 saturated carbocycles. The molecule has 2 atom stereocenters. The molecule has 6 heteroatoms. The van der Waals surface area contributed by atoms with Gasteiger partial charge >= 0.3 is 11.9 Å². The molecule has 2 N–H and O–H groups in total. The molecule has 1 aromatic heterocycles. The van der Waals surface area contributed by atoms with Crippen molar-refractivity contribution in [3.8, 4) is 0 Å². The Hall–Kier alpha value is -1.40. The molecule has 0 aliphatic heterocycles. The fraction of sp³-hybridized carbons (Fsp3) is 0.538. The van der Waals surface area contributed by atoms with Gasteiger partial charge in [0.05, 0.1) is 13.7 Å². The number of esters is 2. The third kappa shape index (κ3) is 3.54. The van der Waals surface area contributed by atoms with E-state index in [1.807, 2.05) is 17.5 Å². The number of carbonyl (C=O) groups is 2. The molecule has 0 bridgehead atoms. The van der Waals surface area contributed by atoms with Gasteiger partial charge in [0, 0.05) is 10.9 Å². The summed E-state index contributed by atoms with van der Waals surface area (Å²) in [6.07, 6.45) is 0.152. The van der Waals surface area contributed by atoms with Gasteiger partial charge in [-0.15, -0.1) is 11.3 Å². The van der Waals surface area contributed by atoms with Gasteiger partial charge in [0.25, 0.3) is 0 Å². The van der Waals surface area contributed by atoms with Gasteiger partial charge < -0.3 is 15.2 Å². The number of nitrogens with two attached hydrogens (primary N) is 1. The van der Waals surface area contributed by atoms with E-state index < -0.39 is 23.4 Å². The van der Waals surface area contributed by atoms with E-state index in [-0.39, 0.29) is 13.0 Å². The van der Waals surface area contributed by atoms with E-state index in [9.17, 15) is 9.59 Å². The highest BCUT2D eigenvalue weighted by Crippen LogP contribution is 2.33. The van der Waals surface area contributed by atoms with E-state index in [1.165, 1.54) is 25.4 Å². The monoisotopic (exact) mass is 285 g/mol. The molecule has 1 heterocycles. The fourth-order valence-electron chi connectivity index (χ4n) is 1.81. The average Bonchev–Trinajstić information content (AvgIpc) is 2.91. The summed E-state index contributed by atoms with van der Waals surface area (Å²) in [6, 6.07) is 3.34. The highest BCUT2D eigenvalue weighted by Gasteiger charge is 2.45. The third-order valence-corrected chi connectivity index (χ3v) is 3.90. The number of hydrogen-bond acceptors (Lipinski definition) is 6. The minimum absolute atomic E-state index is 0.152. The van der Waals surface area contributed by atoms with Crippen LogP contribution in [-0.4, -0.2) is 25.7 Å². The van der Waals surface area contributed by atoms with Gasteiger partial charge in [0.2, 0.25) is 0 Å². The molecule has 0 saturated heterocycles. The molecule has 1 aromatic rings. The Morgan fingerprint density at radius 2 is 2.16 bits per heavy atom. The molecule has 0 radical (unpaired) electrons. The second-order valence-corrected chi connectivity index (χ2v) is 5.35. The number of carbonyl (C=O) groups excluding carboxylic acids is 2. The Bertz CT molecular complexity index is 432. The van der Waals surface area contributed by atoms with Crippen LogP contribution >= 0.6 is 11.3 Å². The topological polar surface area (TPSA) is 78.6 Å². The summed E-state index contributed by atoms with van der Waals surface area (Å²) in [6.45, 7) is 3.40. The van der Waals surface area contributed by atoms with Crippen molar-refractivity contribution in [3.63, 3.8) is 0 Å². The Morgan fingerprint density at radius 1 is 1.47 bits per heavy atom. The van der Waals surface area contributed by atoms with Crippen molar-refractivity contribution < 1.29 is 19.1 Å². The lowest BCUT2D eigenvalue weighted by atomic mass is 9.83. The van der Waals surface area contributed by atoms with Crippen LogP contribution < -0.4 is 5.73 Å². The number of methoxy groups -OCH3 is 1. The van der Waals surface area contributed by atoms with Crippen LogP contribution in [0.5, 0.6) is 0 Å². The number of hydrogen-bond donors (Lipinski definition) is 1. The first-order valence-corrected chi connectivity index (χ1v) is 6.88. The van der Waals surface area contributed by atoms with Crippen LogP contribution in [0.25, 0.3) is 0 Å². The molecular formula is C13H19NO4S. The first kappa shape index (κ1) is 15.7. The first-order chi connectivity index (χ1) is 8.95. The predicted molar refractivity (Wildman–Crippen MR) is 72.6 cm³/mol. The van der Waals surface area contributed by atoms with Crippen molar-refractivity contribution in [1.82, 2.24) is 0 Å². The van der Waals surface area contributed by atoms with Gasteiger partial charge in [-0.25, -0.2) is 0 Å². The van der Waals surface area contributed by atoms with Gasteiger partial charge in [-0.05, 0) is 31.7 Å². The molecule has 0 amide bonds. The SMILES string of the molecule is CCOC(=O)C(C)(CC(N)c1cccs1)C(=O)OC. The quantitative estimate of drug-likeness (QED) is 0.637. The van der Waals surface area contributed by atoms with Crippen LogP contribution in [0.4, 0.5) is 0 Å². The molecule has 0 spiro atoms. The number of rotatable bonds is 6. The lowest BCUT2D eigenvalue weighted by molar-refractivity contribution is -0.170. The maximum absolute atomic E-state index is 12.0. The molecule has 2 unspecified atom stereocenters. The largest absolute Gasteiger partial charge is 0.468 e. The maximum atomic E-state index is 12.0. The molecule has 106 valence electrons. The fourth-order valence-corrected chi connectivity index (χ4v) is 2.54. The molecule has 0 aromatic carbocycles. The second-order valence-electron chi connectivity index (χ2n) is 4.37. The van der Waals surface area contributed by atoms with Crippen LogP contribution in [0.1, 0.15) is 31.2 Å². The van der Waals surface area contributed by atoms with Crippen molar-refractivity contribution in [2.24, 2.45) is 11.1 Å². The molecule has 5 nitrogen and oxygen atoms in total. The zero-order valence-electron chi connectivity index (χ0n) is 11.3. The summed E-state index contributed by atoms with van der Waals surface area (Å²) in [5, 5.41) is 1.90. The van der Waals surface area contributed by atoms with Crippen LogP contribution in [-0.2, 0) is 19.1 Å². The van der Waals surface area contributed by atoms with Crippen LogP contribution in [0.15, 0.2) is 17.5 Å². The highest BCUT2D eigenvalue weighted by atomic mass is 32.1. The molecular weight excluding hydrogens is 266 g/mol. The summed E-state index contributed by atoms with van der Waals surface area (Å²) in [7, 11) is 1.25. The second kappa shape index (κ2) is 6.68. The normalized spacial score (nSPS) is 15.4. The van der Waals surface area contributed by atoms with E-state index in [0.717, 1.165) is 4.88 Å². The average molecular weight is 285 g/mol. The number of thiophene rings is 1. The number of ether oxygens (including phenoxy) is 2. The Kier molecular flexibility index (Phi) is 5.50. The minimum atomic E-state index is -1.38. The van der Waals surface area contributed by atoms with Crippen LogP contribution in [0, 0.1) is 5.41 Å². The minimum Gasteiger partial charge on any atom is -0.468 e. The molecule has 19 heavy (non-hydrogen) atoms. The molecule has 0 aliphatic rings. The Balaban J connectivity index is 2.91. The van der Waals surface area contributed by atoms with Crippen molar-refractivity contribution in [1.29, 1.82) is 0 Å². The van der Waals surface area contributed by atoms with E-state index >= 15 is 0 Å². The third-order valence-electron chi connectivity index (χ3n) is 2.90. The highest BCUT2D eigenvalue weighted by molar-refractivity contribution is 7.10. The summed E-state index contributed by atoms with van der Waals surface area (Å²) in [5.74, 6) is -1.23. The lowest BCUT2D eigenvalue weighted by Crippen LogP contribution is -2.41. The van der Waals surface area contributed by atoms with Crippen molar-refractivity contribution in [2.45, 2.75) is 26.3 Å². The molecule has 0 fully saturated rings. The van der Waals surface area contributed by atoms with E-state index in [4.69, 9.17) is 15.2 Å². The van der Waals surface area contributed by atoms with Crippen molar-refractivity contribution in [3.05, 3.63) is 22.4 Å². The first-order valence-electron chi connectivity index (χ1n) is 6.00. The van der Waals surface area contributed by atoms with Crippen molar-refractivity contribution in [2.75, 3.05) is 13.7 Å². The van der Waals surface area contributed by atoms with E-state index in [2.05, 4.69) is 0 Å². The summed E-state index contributed by atoms with van der Waals surface area (Å²) < 4.78 is 9.67. The standard InChI is InChI=1S/C13H19NO4S/c1-4-18-12(16)13(2,11(15)17-3)8-9(14)10-6-5-7-19-10/h5-7,9H,4,8,14H2,1-3H3. The lowest BCUT2D eigenvalue weighted by Gasteiger charge is -2.26. The van der Waals surface area contributed by atoms with E-state index in [1.54, 1.807) is 6.92 Å². The Morgan fingerprint density at radius 3 is 2.63 bits per heavy atom. The summed E-state index contributed by atoms with van der Waals surface area (Å²) in [5.41, 5.74) is 4.67. The zero-order valence-corrected chi connectivity index (χ0v) is 12.2. The van der Waals surface area contributed by atoms with Crippen LogP contribution in [0.2, 0.25) is 0 Å². The van der Waals surface area contributed by atoms with Crippen molar-refractivity contribution >= 4 is 23.3 Å². The predicted octanol–water partition coefficient (Wildman–Crippen LogP) is 1.88. The zero-order chi connectivity index (χ0) is 14.5. The maximum Gasteiger partial charge on any atom is 0.323 e.